The lowest BCUT2D eigenvalue weighted by Gasteiger charge is -2.34. The zero-order valence-electron chi connectivity index (χ0n) is 16.5. The zero-order chi connectivity index (χ0) is 19.4. The summed E-state index contributed by atoms with van der Waals surface area (Å²) in [6.07, 6.45) is 0. The van der Waals surface area contributed by atoms with Gasteiger partial charge in [-0.05, 0) is 49.2 Å². The smallest absolute Gasteiger partial charge is 0.277 e. The molecule has 0 bridgehead atoms. The number of aryl methyl sites for hydroxylation is 2. The second kappa shape index (κ2) is 8.44. The van der Waals surface area contributed by atoms with Gasteiger partial charge in [0, 0.05) is 19.3 Å². The van der Waals surface area contributed by atoms with E-state index in [-0.39, 0.29) is 5.91 Å². The molecule has 0 atom stereocenters. The molecule has 1 amide bonds. The molecule has 0 radical (unpaired) electrons. The third-order valence-electron chi connectivity index (χ3n) is 5.42. The van der Waals surface area contributed by atoms with E-state index in [9.17, 15) is 9.90 Å². The van der Waals surface area contributed by atoms with E-state index in [2.05, 4.69) is 36.9 Å². The lowest BCUT2D eigenvalue weighted by Crippen LogP contribution is -3.15. The summed E-state index contributed by atoms with van der Waals surface area (Å²) in [6.45, 7) is 9.15. The molecule has 0 unspecified atom stereocenters. The Balaban J connectivity index is 1.49. The lowest BCUT2D eigenvalue weighted by atomic mass is 10.1. The fourth-order valence-corrected chi connectivity index (χ4v) is 3.64. The molecule has 0 aliphatic carbocycles. The highest BCUT2D eigenvalue weighted by atomic mass is 16.3. The van der Waals surface area contributed by atoms with Crippen molar-refractivity contribution in [2.24, 2.45) is 0 Å². The van der Waals surface area contributed by atoms with E-state index in [1.54, 1.807) is 12.1 Å². The Labute approximate surface area is 161 Å². The standard InChI is InChI=1S/C22H29N3O2/c1-17-4-5-19(18(2)14-17)15-23(3)22(27)16-24-10-12-25(13-11-24)20-6-8-21(26)9-7-20/h4-9,14,26H,10-13,15-16H2,1-3H3/p+1. The van der Waals surface area contributed by atoms with Crippen LogP contribution < -0.4 is 9.80 Å². The summed E-state index contributed by atoms with van der Waals surface area (Å²) >= 11 is 0. The van der Waals surface area contributed by atoms with Gasteiger partial charge in [0.05, 0.1) is 26.2 Å². The van der Waals surface area contributed by atoms with Gasteiger partial charge in [-0.25, -0.2) is 0 Å². The highest BCUT2D eigenvalue weighted by Crippen LogP contribution is 2.18. The maximum Gasteiger partial charge on any atom is 0.277 e. The molecule has 5 nitrogen and oxygen atoms in total. The van der Waals surface area contributed by atoms with Crippen molar-refractivity contribution in [3.63, 3.8) is 0 Å². The van der Waals surface area contributed by atoms with E-state index in [1.165, 1.54) is 21.6 Å². The van der Waals surface area contributed by atoms with E-state index in [0.29, 0.717) is 18.8 Å². The summed E-state index contributed by atoms with van der Waals surface area (Å²) in [5.74, 6) is 0.489. The van der Waals surface area contributed by atoms with Gasteiger partial charge in [-0.15, -0.1) is 0 Å². The van der Waals surface area contributed by atoms with Crippen molar-refractivity contribution in [3.05, 3.63) is 59.2 Å². The van der Waals surface area contributed by atoms with E-state index in [1.807, 2.05) is 24.1 Å². The van der Waals surface area contributed by atoms with Crippen LogP contribution in [0.4, 0.5) is 5.69 Å². The van der Waals surface area contributed by atoms with Crippen molar-refractivity contribution in [2.45, 2.75) is 20.4 Å². The average molecular weight is 369 g/mol. The van der Waals surface area contributed by atoms with Crippen molar-refractivity contribution >= 4 is 11.6 Å². The zero-order valence-corrected chi connectivity index (χ0v) is 16.5. The van der Waals surface area contributed by atoms with Crippen molar-refractivity contribution < 1.29 is 14.8 Å². The third kappa shape index (κ3) is 5.01. The Morgan fingerprint density at radius 1 is 1.11 bits per heavy atom. The van der Waals surface area contributed by atoms with Crippen LogP contribution in [-0.2, 0) is 11.3 Å². The second-order valence-corrected chi connectivity index (χ2v) is 7.61. The molecule has 1 fully saturated rings. The van der Waals surface area contributed by atoms with Crippen LogP contribution in [0.2, 0.25) is 0 Å². The van der Waals surface area contributed by atoms with Crippen LogP contribution in [0.3, 0.4) is 0 Å². The van der Waals surface area contributed by atoms with Crippen LogP contribution in [0, 0.1) is 13.8 Å². The van der Waals surface area contributed by atoms with Gasteiger partial charge in [0.25, 0.3) is 5.91 Å². The van der Waals surface area contributed by atoms with Gasteiger partial charge in [0.15, 0.2) is 6.54 Å². The normalized spacial score (nSPS) is 15.0. The number of rotatable bonds is 5. The third-order valence-corrected chi connectivity index (χ3v) is 5.42. The number of phenolic OH excluding ortho intramolecular Hbond substituents is 1. The first-order valence-corrected chi connectivity index (χ1v) is 9.60. The lowest BCUT2D eigenvalue weighted by molar-refractivity contribution is -0.892. The Morgan fingerprint density at radius 2 is 1.78 bits per heavy atom. The first kappa shape index (κ1) is 19.2. The monoisotopic (exact) mass is 368 g/mol. The summed E-state index contributed by atoms with van der Waals surface area (Å²) in [5, 5.41) is 9.42. The number of hydrogen-bond acceptors (Lipinski definition) is 3. The maximum absolute atomic E-state index is 12.6. The van der Waals surface area contributed by atoms with E-state index >= 15 is 0 Å². The van der Waals surface area contributed by atoms with E-state index < -0.39 is 0 Å². The molecule has 2 aromatic rings. The molecule has 5 heteroatoms. The van der Waals surface area contributed by atoms with Crippen molar-refractivity contribution in [3.8, 4) is 5.75 Å². The Hall–Kier alpha value is -2.53. The number of nitrogens with one attached hydrogen (secondary N) is 1. The molecule has 1 saturated heterocycles. The molecule has 27 heavy (non-hydrogen) atoms. The van der Waals surface area contributed by atoms with Crippen LogP contribution in [-0.4, -0.2) is 55.7 Å². The van der Waals surface area contributed by atoms with Crippen molar-refractivity contribution in [1.29, 1.82) is 0 Å². The summed E-state index contributed by atoms with van der Waals surface area (Å²) in [6, 6.07) is 13.7. The number of carbonyl (C=O) groups excluding carboxylic acids is 1. The SMILES string of the molecule is Cc1ccc(CN(C)C(=O)C[NH+]2CCN(c3ccc(O)cc3)CC2)c(C)c1. The van der Waals surface area contributed by atoms with E-state index in [4.69, 9.17) is 0 Å². The predicted molar refractivity (Wildman–Crippen MR) is 108 cm³/mol. The largest absolute Gasteiger partial charge is 0.508 e. The van der Waals surface area contributed by atoms with E-state index in [0.717, 1.165) is 31.9 Å². The van der Waals surface area contributed by atoms with Gasteiger partial charge in [0.2, 0.25) is 0 Å². The summed E-state index contributed by atoms with van der Waals surface area (Å²) in [4.78, 5) is 18.1. The molecule has 3 rings (SSSR count). The molecular formula is C22H30N3O2+. The average Bonchev–Trinajstić information content (AvgIpc) is 2.65. The molecule has 2 N–H and O–H groups in total. The Morgan fingerprint density at radius 3 is 2.41 bits per heavy atom. The number of nitrogens with zero attached hydrogens (tertiary/aromatic N) is 2. The summed E-state index contributed by atoms with van der Waals surface area (Å²) in [5.41, 5.74) is 4.83. The molecule has 1 heterocycles. The molecule has 0 aromatic heterocycles. The van der Waals surface area contributed by atoms with Crippen LogP contribution in [0.5, 0.6) is 5.75 Å². The van der Waals surface area contributed by atoms with Crippen LogP contribution >= 0.6 is 0 Å². The van der Waals surface area contributed by atoms with Gasteiger partial charge < -0.3 is 19.8 Å². The number of likely N-dealkylation sites (N-methyl/N-ethyl adjacent to an activating group) is 1. The summed E-state index contributed by atoms with van der Waals surface area (Å²) in [7, 11) is 1.90. The molecule has 1 aliphatic rings. The molecule has 0 saturated carbocycles. The fraction of sp³-hybridized carbons (Fsp3) is 0.409. The molecule has 0 spiro atoms. The molecular weight excluding hydrogens is 338 g/mol. The molecule has 1 aliphatic heterocycles. The fourth-order valence-electron chi connectivity index (χ4n) is 3.64. The number of amides is 1. The number of piperazine rings is 1. The second-order valence-electron chi connectivity index (χ2n) is 7.61. The maximum atomic E-state index is 12.6. The molecule has 2 aromatic carbocycles. The van der Waals surface area contributed by atoms with Crippen LogP contribution in [0.25, 0.3) is 0 Å². The predicted octanol–water partition coefficient (Wildman–Crippen LogP) is 1.37. The highest BCUT2D eigenvalue weighted by Gasteiger charge is 2.24. The van der Waals surface area contributed by atoms with Gasteiger partial charge in [-0.2, -0.15) is 0 Å². The number of hydrogen-bond donors (Lipinski definition) is 2. The van der Waals surface area contributed by atoms with Crippen LogP contribution in [0.1, 0.15) is 16.7 Å². The summed E-state index contributed by atoms with van der Waals surface area (Å²) < 4.78 is 0. The first-order valence-electron chi connectivity index (χ1n) is 9.60. The number of quaternary nitrogens is 1. The Kier molecular flexibility index (Phi) is 6.01. The van der Waals surface area contributed by atoms with Gasteiger partial charge in [-0.1, -0.05) is 23.8 Å². The minimum atomic E-state index is 0.197. The minimum Gasteiger partial charge on any atom is -0.508 e. The highest BCUT2D eigenvalue weighted by molar-refractivity contribution is 5.76. The van der Waals surface area contributed by atoms with Gasteiger partial charge in [-0.3, -0.25) is 4.79 Å². The van der Waals surface area contributed by atoms with Crippen molar-refractivity contribution in [2.75, 3.05) is 44.7 Å². The minimum absolute atomic E-state index is 0.197. The number of benzene rings is 2. The van der Waals surface area contributed by atoms with Crippen LogP contribution in [0.15, 0.2) is 42.5 Å². The Bertz CT molecular complexity index is 781. The topological polar surface area (TPSA) is 48.2 Å². The number of carbonyl (C=O) groups is 1. The van der Waals surface area contributed by atoms with Gasteiger partial charge >= 0.3 is 0 Å². The van der Waals surface area contributed by atoms with Crippen molar-refractivity contribution in [1.82, 2.24) is 4.90 Å². The number of phenols is 1. The quantitative estimate of drug-likeness (QED) is 0.838. The molecule has 144 valence electrons. The van der Waals surface area contributed by atoms with Gasteiger partial charge in [0.1, 0.15) is 5.75 Å². The number of aromatic hydroxyl groups is 1. The number of anilines is 1. The first-order chi connectivity index (χ1) is 12.9.